The number of hydrogen-bond acceptors (Lipinski definition) is 7. The Morgan fingerprint density at radius 2 is 1.69 bits per heavy atom. The molecule has 0 radical (unpaired) electrons. The van der Waals surface area contributed by atoms with Gasteiger partial charge in [-0.3, -0.25) is 14.9 Å². The molecule has 0 aromatic heterocycles. The standard InChI is InChI=1S/C20H20N2O7/c1-13(18(23)21-9-8-14-6-4-3-5-7-14)29-20(25)16-10-15(19(24)28-2)11-17(12-16)22(26)27/h3-7,10-13H,8-9H2,1-2H3,(H,21,23). The molecule has 1 atom stereocenters. The van der Waals surface area contributed by atoms with Crippen molar-refractivity contribution >= 4 is 23.5 Å². The largest absolute Gasteiger partial charge is 0.465 e. The first-order chi connectivity index (χ1) is 13.8. The predicted molar refractivity (Wildman–Crippen MR) is 102 cm³/mol. The Bertz CT molecular complexity index is 912. The van der Waals surface area contributed by atoms with Crippen LogP contribution in [0.2, 0.25) is 0 Å². The molecule has 0 bridgehead atoms. The smallest absolute Gasteiger partial charge is 0.339 e. The molecule has 0 spiro atoms. The molecule has 0 saturated heterocycles. The number of hydrogen-bond donors (Lipinski definition) is 1. The molecule has 0 fully saturated rings. The van der Waals surface area contributed by atoms with Crippen LogP contribution in [0, 0.1) is 10.1 Å². The zero-order chi connectivity index (χ0) is 21.4. The summed E-state index contributed by atoms with van der Waals surface area (Å²) in [4.78, 5) is 46.4. The lowest BCUT2D eigenvalue weighted by molar-refractivity contribution is -0.384. The summed E-state index contributed by atoms with van der Waals surface area (Å²) >= 11 is 0. The molecule has 9 heteroatoms. The Morgan fingerprint density at radius 1 is 1.07 bits per heavy atom. The van der Waals surface area contributed by atoms with E-state index >= 15 is 0 Å². The quantitative estimate of drug-likeness (QED) is 0.409. The Hall–Kier alpha value is -3.75. The number of methoxy groups -OCH3 is 1. The summed E-state index contributed by atoms with van der Waals surface area (Å²) in [7, 11) is 1.11. The molecule has 0 aliphatic heterocycles. The SMILES string of the molecule is COC(=O)c1cc(C(=O)OC(C)C(=O)NCCc2ccccc2)cc([N+](=O)[O-])c1. The number of nitrogens with zero attached hydrogens (tertiary/aromatic N) is 1. The number of rotatable bonds is 8. The van der Waals surface area contributed by atoms with Crippen molar-refractivity contribution in [3.05, 3.63) is 75.3 Å². The first-order valence-electron chi connectivity index (χ1n) is 8.72. The number of carbonyl (C=O) groups is 3. The van der Waals surface area contributed by atoms with Gasteiger partial charge in [-0.1, -0.05) is 30.3 Å². The molecule has 0 aliphatic carbocycles. The minimum Gasteiger partial charge on any atom is -0.465 e. The third-order valence-electron chi connectivity index (χ3n) is 3.99. The van der Waals surface area contributed by atoms with Gasteiger partial charge in [0.05, 0.1) is 23.2 Å². The highest BCUT2D eigenvalue weighted by atomic mass is 16.6. The third kappa shape index (κ3) is 6.13. The maximum absolute atomic E-state index is 12.3. The highest BCUT2D eigenvalue weighted by Crippen LogP contribution is 2.19. The number of non-ortho nitro benzene ring substituents is 1. The van der Waals surface area contributed by atoms with E-state index in [0.717, 1.165) is 30.9 Å². The fourth-order valence-corrected chi connectivity index (χ4v) is 2.47. The monoisotopic (exact) mass is 400 g/mol. The number of esters is 2. The van der Waals surface area contributed by atoms with Crippen molar-refractivity contribution in [1.82, 2.24) is 5.32 Å². The van der Waals surface area contributed by atoms with Crippen molar-refractivity contribution in [2.24, 2.45) is 0 Å². The van der Waals surface area contributed by atoms with Gasteiger partial charge in [-0.25, -0.2) is 9.59 Å². The lowest BCUT2D eigenvalue weighted by atomic mass is 10.1. The molecule has 29 heavy (non-hydrogen) atoms. The van der Waals surface area contributed by atoms with Gasteiger partial charge < -0.3 is 14.8 Å². The molecule has 1 amide bonds. The summed E-state index contributed by atoms with van der Waals surface area (Å²) in [6, 6.07) is 12.6. The minimum atomic E-state index is -1.13. The van der Waals surface area contributed by atoms with E-state index in [1.165, 1.54) is 6.92 Å². The Kier molecular flexibility index (Phi) is 7.41. The molecular formula is C20H20N2O7. The molecule has 1 unspecified atom stereocenters. The molecule has 2 aromatic carbocycles. The number of nitro benzene ring substituents is 1. The van der Waals surface area contributed by atoms with Crippen LogP contribution in [0.1, 0.15) is 33.2 Å². The van der Waals surface area contributed by atoms with Crippen LogP contribution >= 0.6 is 0 Å². The van der Waals surface area contributed by atoms with Gasteiger partial charge in [-0.05, 0) is 25.0 Å². The fourth-order valence-electron chi connectivity index (χ4n) is 2.47. The van der Waals surface area contributed by atoms with Crippen LogP contribution in [0.25, 0.3) is 0 Å². The molecule has 9 nitrogen and oxygen atoms in total. The maximum Gasteiger partial charge on any atom is 0.339 e. The van der Waals surface area contributed by atoms with E-state index in [9.17, 15) is 24.5 Å². The van der Waals surface area contributed by atoms with Crippen molar-refractivity contribution in [2.45, 2.75) is 19.4 Å². The van der Waals surface area contributed by atoms with Crippen molar-refractivity contribution in [1.29, 1.82) is 0 Å². The highest BCUT2D eigenvalue weighted by Gasteiger charge is 2.23. The number of nitro groups is 1. The van der Waals surface area contributed by atoms with Gasteiger partial charge in [0.15, 0.2) is 6.10 Å². The first-order valence-corrected chi connectivity index (χ1v) is 8.72. The van der Waals surface area contributed by atoms with Gasteiger partial charge in [0.1, 0.15) is 0 Å². The summed E-state index contributed by atoms with van der Waals surface area (Å²) in [5, 5.41) is 13.7. The number of ether oxygens (including phenoxy) is 2. The van der Waals surface area contributed by atoms with E-state index in [-0.39, 0.29) is 11.1 Å². The lowest BCUT2D eigenvalue weighted by Gasteiger charge is -2.14. The van der Waals surface area contributed by atoms with Gasteiger partial charge >= 0.3 is 11.9 Å². The number of carbonyl (C=O) groups excluding carboxylic acids is 3. The summed E-state index contributed by atoms with van der Waals surface area (Å²) in [5.41, 5.74) is 0.168. The van der Waals surface area contributed by atoms with Gasteiger partial charge in [-0.2, -0.15) is 0 Å². The van der Waals surface area contributed by atoms with Crippen LogP contribution < -0.4 is 5.32 Å². The zero-order valence-corrected chi connectivity index (χ0v) is 15.9. The number of amides is 1. The second kappa shape index (κ2) is 9.98. The van der Waals surface area contributed by atoms with E-state index in [1.54, 1.807) is 0 Å². The van der Waals surface area contributed by atoms with Crippen molar-refractivity contribution in [3.63, 3.8) is 0 Å². The molecule has 0 saturated carbocycles. The zero-order valence-electron chi connectivity index (χ0n) is 15.9. The summed E-state index contributed by atoms with van der Waals surface area (Å²) < 4.78 is 9.61. The molecule has 2 aromatic rings. The van der Waals surface area contributed by atoms with E-state index in [4.69, 9.17) is 4.74 Å². The average Bonchev–Trinajstić information content (AvgIpc) is 2.73. The minimum absolute atomic E-state index is 0.173. The van der Waals surface area contributed by atoms with Crippen molar-refractivity contribution < 1.29 is 28.8 Å². The summed E-state index contributed by atoms with van der Waals surface area (Å²) in [6.07, 6.45) is -0.514. The summed E-state index contributed by atoms with van der Waals surface area (Å²) in [6.45, 7) is 1.74. The third-order valence-corrected chi connectivity index (χ3v) is 3.99. The molecule has 0 aliphatic rings. The normalized spacial score (nSPS) is 11.2. The van der Waals surface area contributed by atoms with E-state index < -0.39 is 34.6 Å². The average molecular weight is 400 g/mol. The number of benzene rings is 2. The molecular weight excluding hydrogens is 380 g/mol. The lowest BCUT2D eigenvalue weighted by Crippen LogP contribution is -2.36. The molecule has 0 heterocycles. The van der Waals surface area contributed by atoms with E-state index in [2.05, 4.69) is 10.1 Å². The van der Waals surface area contributed by atoms with Gasteiger partial charge in [-0.15, -0.1) is 0 Å². The van der Waals surface area contributed by atoms with Gasteiger partial charge in [0, 0.05) is 18.7 Å². The highest BCUT2D eigenvalue weighted by molar-refractivity contribution is 5.97. The first kappa shape index (κ1) is 21.5. The Labute approximate surface area is 166 Å². The molecule has 1 N–H and O–H groups in total. The van der Waals surface area contributed by atoms with Crippen LogP contribution in [-0.4, -0.2) is 42.5 Å². The number of nitrogens with one attached hydrogen (secondary N) is 1. The second-order valence-electron chi connectivity index (χ2n) is 6.09. The molecule has 2 rings (SSSR count). The topological polar surface area (TPSA) is 125 Å². The Morgan fingerprint density at radius 3 is 2.28 bits per heavy atom. The van der Waals surface area contributed by atoms with Crippen LogP contribution in [-0.2, 0) is 20.7 Å². The van der Waals surface area contributed by atoms with Crippen LogP contribution in [0.5, 0.6) is 0 Å². The van der Waals surface area contributed by atoms with Crippen molar-refractivity contribution in [3.8, 4) is 0 Å². The maximum atomic E-state index is 12.3. The van der Waals surface area contributed by atoms with Crippen LogP contribution in [0.15, 0.2) is 48.5 Å². The van der Waals surface area contributed by atoms with Gasteiger partial charge in [0.2, 0.25) is 0 Å². The Balaban J connectivity index is 2.00. The van der Waals surface area contributed by atoms with E-state index in [1.807, 2.05) is 30.3 Å². The second-order valence-corrected chi connectivity index (χ2v) is 6.09. The van der Waals surface area contributed by atoms with Gasteiger partial charge in [0.25, 0.3) is 11.6 Å². The predicted octanol–water partition coefficient (Wildman–Crippen LogP) is 2.29. The van der Waals surface area contributed by atoms with Crippen LogP contribution in [0.4, 0.5) is 5.69 Å². The van der Waals surface area contributed by atoms with E-state index in [0.29, 0.717) is 13.0 Å². The van der Waals surface area contributed by atoms with Crippen LogP contribution in [0.3, 0.4) is 0 Å². The van der Waals surface area contributed by atoms with Crippen molar-refractivity contribution in [2.75, 3.05) is 13.7 Å². The summed E-state index contributed by atoms with van der Waals surface area (Å²) in [5.74, 6) is -2.31. The fraction of sp³-hybridized carbons (Fsp3) is 0.250. The molecule has 152 valence electrons.